The Hall–Kier alpha value is -3.82. The van der Waals surface area contributed by atoms with E-state index in [-0.39, 0.29) is 30.9 Å². The number of carbonyl (C=O) groups excluding carboxylic acids is 1. The third-order valence-electron chi connectivity index (χ3n) is 4.86. The standard InChI is InChI=1S/C22H22F2N6O3S/c23-18-9-8-16(13-19(18)24)34(32,33)28-12-10-21(31)27-11-4-7-20-17(14-25)22(26)30(29-20)15-5-2-1-3-6-15/h1-3,5-6,8-9,13,28H,4,7,10-12,26H2,(H,27,31). The Morgan fingerprint density at radius 2 is 1.85 bits per heavy atom. The number of benzene rings is 2. The van der Waals surface area contributed by atoms with Gasteiger partial charge in [0.1, 0.15) is 17.5 Å². The minimum absolute atomic E-state index is 0.151. The summed E-state index contributed by atoms with van der Waals surface area (Å²) in [6.45, 7) is 0.0570. The van der Waals surface area contributed by atoms with Gasteiger partial charge in [-0.3, -0.25) is 4.79 Å². The topological polar surface area (TPSA) is 143 Å². The number of amides is 1. The van der Waals surface area contributed by atoms with Crippen molar-refractivity contribution in [2.45, 2.75) is 24.2 Å². The zero-order chi connectivity index (χ0) is 24.7. The highest BCUT2D eigenvalue weighted by atomic mass is 32.2. The van der Waals surface area contributed by atoms with Crippen LogP contribution in [0.4, 0.5) is 14.6 Å². The van der Waals surface area contributed by atoms with E-state index < -0.39 is 32.5 Å². The number of anilines is 1. The number of aromatic nitrogens is 2. The van der Waals surface area contributed by atoms with E-state index in [1.165, 1.54) is 4.68 Å². The maximum atomic E-state index is 13.3. The highest BCUT2D eigenvalue weighted by Gasteiger charge is 2.18. The van der Waals surface area contributed by atoms with E-state index in [1.807, 2.05) is 30.3 Å². The largest absolute Gasteiger partial charge is 0.382 e. The first-order chi connectivity index (χ1) is 16.2. The lowest BCUT2D eigenvalue weighted by Crippen LogP contribution is -2.31. The zero-order valence-electron chi connectivity index (χ0n) is 18.0. The smallest absolute Gasteiger partial charge is 0.240 e. The second-order valence-corrected chi connectivity index (χ2v) is 9.01. The van der Waals surface area contributed by atoms with E-state index in [4.69, 9.17) is 5.73 Å². The molecule has 0 atom stereocenters. The molecule has 4 N–H and O–H groups in total. The number of nitrogens with zero attached hydrogens (tertiary/aromatic N) is 3. The highest BCUT2D eigenvalue weighted by molar-refractivity contribution is 7.89. The van der Waals surface area contributed by atoms with Gasteiger partial charge < -0.3 is 11.1 Å². The minimum atomic E-state index is -4.08. The summed E-state index contributed by atoms with van der Waals surface area (Å²) >= 11 is 0. The molecule has 1 heterocycles. The van der Waals surface area contributed by atoms with Crippen LogP contribution in [0.25, 0.3) is 5.69 Å². The van der Waals surface area contributed by atoms with E-state index in [2.05, 4.69) is 21.2 Å². The Morgan fingerprint density at radius 3 is 2.53 bits per heavy atom. The number of sulfonamides is 1. The maximum Gasteiger partial charge on any atom is 0.240 e. The highest BCUT2D eigenvalue weighted by Crippen LogP contribution is 2.21. The molecule has 3 aromatic rings. The number of hydrogen-bond acceptors (Lipinski definition) is 6. The molecular weight excluding hydrogens is 466 g/mol. The van der Waals surface area contributed by atoms with Crippen LogP contribution in [0.2, 0.25) is 0 Å². The van der Waals surface area contributed by atoms with E-state index in [1.54, 1.807) is 0 Å². The molecule has 0 saturated heterocycles. The number of nitrogen functional groups attached to an aromatic ring is 1. The van der Waals surface area contributed by atoms with Gasteiger partial charge in [0.2, 0.25) is 15.9 Å². The second kappa shape index (κ2) is 10.9. The lowest BCUT2D eigenvalue weighted by Gasteiger charge is -2.08. The van der Waals surface area contributed by atoms with E-state index in [9.17, 15) is 27.3 Å². The fourth-order valence-corrected chi connectivity index (χ4v) is 4.18. The number of nitriles is 1. The predicted molar refractivity (Wildman–Crippen MR) is 120 cm³/mol. The van der Waals surface area contributed by atoms with Crippen LogP contribution >= 0.6 is 0 Å². The Kier molecular flexibility index (Phi) is 7.93. The number of hydrogen-bond donors (Lipinski definition) is 3. The van der Waals surface area contributed by atoms with Crippen molar-refractivity contribution in [1.82, 2.24) is 19.8 Å². The summed E-state index contributed by atoms with van der Waals surface area (Å²) < 4.78 is 54.1. The molecule has 0 bridgehead atoms. The van der Waals surface area contributed by atoms with E-state index in [0.717, 1.165) is 11.8 Å². The van der Waals surface area contributed by atoms with Gasteiger partial charge in [0.25, 0.3) is 0 Å². The first kappa shape index (κ1) is 24.8. The molecule has 0 aliphatic carbocycles. The van der Waals surface area contributed by atoms with Crippen molar-refractivity contribution in [1.29, 1.82) is 5.26 Å². The molecular formula is C22H22F2N6O3S. The quantitative estimate of drug-likeness (QED) is 0.373. The number of para-hydroxylation sites is 1. The lowest BCUT2D eigenvalue weighted by atomic mass is 10.1. The minimum Gasteiger partial charge on any atom is -0.382 e. The number of nitrogens with one attached hydrogen (secondary N) is 2. The molecule has 34 heavy (non-hydrogen) atoms. The summed E-state index contributed by atoms with van der Waals surface area (Å²) in [4.78, 5) is 11.6. The van der Waals surface area contributed by atoms with Crippen LogP contribution in [0.1, 0.15) is 24.1 Å². The van der Waals surface area contributed by atoms with Crippen LogP contribution in [0.3, 0.4) is 0 Å². The summed E-state index contributed by atoms with van der Waals surface area (Å²) in [5, 5.41) is 16.5. The summed E-state index contributed by atoms with van der Waals surface area (Å²) in [6, 6.07) is 13.4. The molecule has 0 saturated carbocycles. The Morgan fingerprint density at radius 1 is 1.12 bits per heavy atom. The number of rotatable bonds is 10. The summed E-state index contributed by atoms with van der Waals surface area (Å²) in [6.07, 6.45) is 0.726. The number of aryl methyl sites for hydroxylation is 1. The molecule has 1 amide bonds. The Labute approximate surface area is 195 Å². The van der Waals surface area contributed by atoms with Crippen molar-refractivity contribution >= 4 is 21.7 Å². The van der Waals surface area contributed by atoms with Crippen LogP contribution in [-0.2, 0) is 21.2 Å². The molecule has 1 aromatic heterocycles. The first-order valence-electron chi connectivity index (χ1n) is 10.3. The van der Waals surface area contributed by atoms with Crippen LogP contribution in [0.15, 0.2) is 53.4 Å². The molecule has 0 fully saturated rings. The van der Waals surface area contributed by atoms with Gasteiger partial charge in [-0.05, 0) is 43.2 Å². The predicted octanol–water partition coefficient (Wildman–Crippen LogP) is 2.02. The summed E-state index contributed by atoms with van der Waals surface area (Å²) in [5.41, 5.74) is 7.57. The van der Waals surface area contributed by atoms with Crippen molar-refractivity contribution in [2.24, 2.45) is 0 Å². The monoisotopic (exact) mass is 488 g/mol. The fourth-order valence-electron chi connectivity index (χ4n) is 3.14. The van der Waals surface area contributed by atoms with Gasteiger partial charge in [-0.1, -0.05) is 18.2 Å². The third kappa shape index (κ3) is 5.94. The normalized spacial score (nSPS) is 11.2. The van der Waals surface area contributed by atoms with Gasteiger partial charge in [-0.25, -0.2) is 26.6 Å². The zero-order valence-corrected chi connectivity index (χ0v) is 18.8. The van der Waals surface area contributed by atoms with Gasteiger partial charge in [0.15, 0.2) is 11.6 Å². The van der Waals surface area contributed by atoms with Gasteiger partial charge >= 0.3 is 0 Å². The van der Waals surface area contributed by atoms with Gasteiger partial charge in [-0.15, -0.1) is 0 Å². The van der Waals surface area contributed by atoms with Gasteiger partial charge in [-0.2, -0.15) is 10.4 Å². The van der Waals surface area contributed by atoms with Crippen LogP contribution in [0, 0.1) is 23.0 Å². The average Bonchev–Trinajstić information content (AvgIpc) is 3.14. The maximum absolute atomic E-state index is 13.3. The van der Waals surface area contributed by atoms with Crippen molar-refractivity contribution in [2.75, 3.05) is 18.8 Å². The fraction of sp³-hybridized carbons (Fsp3) is 0.227. The van der Waals surface area contributed by atoms with Crippen molar-refractivity contribution in [3.05, 3.63) is 71.4 Å². The Balaban J connectivity index is 1.46. The van der Waals surface area contributed by atoms with E-state index >= 15 is 0 Å². The summed E-state index contributed by atoms with van der Waals surface area (Å²) in [5.74, 6) is -2.60. The second-order valence-electron chi connectivity index (χ2n) is 7.24. The molecule has 9 nitrogen and oxygen atoms in total. The molecule has 12 heteroatoms. The van der Waals surface area contributed by atoms with Crippen LogP contribution in [-0.4, -0.2) is 37.2 Å². The summed E-state index contributed by atoms with van der Waals surface area (Å²) in [7, 11) is -4.08. The molecule has 0 unspecified atom stereocenters. The molecule has 3 rings (SSSR count). The molecule has 0 aliphatic heterocycles. The van der Waals surface area contributed by atoms with Crippen molar-refractivity contribution in [3.8, 4) is 11.8 Å². The molecule has 2 aromatic carbocycles. The number of carbonyl (C=O) groups is 1. The molecule has 178 valence electrons. The van der Waals surface area contributed by atoms with Crippen LogP contribution in [0.5, 0.6) is 0 Å². The lowest BCUT2D eigenvalue weighted by molar-refractivity contribution is -0.120. The average molecular weight is 489 g/mol. The molecule has 0 radical (unpaired) electrons. The van der Waals surface area contributed by atoms with Crippen molar-refractivity contribution < 1.29 is 22.0 Å². The van der Waals surface area contributed by atoms with Crippen LogP contribution < -0.4 is 15.8 Å². The first-order valence-corrected chi connectivity index (χ1v) is 11.8. The van der Waals surface area contributed by atoms with E-state index in [0.29, 0.717) is 30.7 Å². The SMILES string of the molecule is N#Cc1c(CCCNC(=O)CCNS(=O)(=O)c2ccc(F)c(F)c2)nn(-c2ccccc2)c1N. The molecule has 0 aliphatic rings. The van der Waals surface area contributed by atoms with Gasteiger partial charge in [0.05, 0.1) is 16.3 Å². The van der Waals surface area contributed by atoms with Gasteiger partial charge in [0, 0.05) is 19.5 Å². The van der Waals surface area contributed by atoms with Crippen molar-refractivity contribution in [3.63, 3.8) is 0 Å². The third-order valence-corrected chi connectivity index (χ3v) is 6.32. The molecule has 0 spiro atoms. The number of nitrogens with two attached hydrogens (primary N) is 1. The Bertz CT molecular complexity index is 1320. The number of halogens is 2.